The fourth-order valence-electron chi connectivity index (χ4n) is 3.82. The lowest BCUT2D eigenvalue weighted by Crippen LogP contribution is -2.55. The predicted octanol–water partition coefficient (Wildman–Crippen LogP) is 1.71. The second kappa shape index (κ2) is 8.99. The largest absolute Gasteiger partial charge is 0.492 e. The minimum absolute atomic E-state index is 0.363. The predicted molar refractivity (Wildman–Crippen MR) is 101 cm³/mol. The molecule has 2 aliphatic rings. The van der Waals surface area contributed by atoms with Crippen LogP contribution in [0.2, 0.25) is 0 Å². The first kappa shape index (κ1) is 18.6. The highest BCUT2D eigenvalue weighted by Gasteiger charge is 2.27. The number of hydrogen-bond donors (Lipinski definition) is 0. The minimum atomic E-state index is 0.363. The van der Waals surface area contributed by atoms with Gasteiger partial charge in [0, 0.05) is 51.9 Å². The second-order valence-electron chi connectivity index (χ2n) is 7.56. The number of ether oxygens (including phenoxy) is 2. The molecular formula is C20H33N3O2. The molecule has 2 fully saturated rings. The molecule has 140 valence electrons. The summed E-state index contributed by atoms with van der Waals surface area (Å²) in [6, 6.07) is 8.85. The van der Waals surface area contributed by atoms with E-state index in [-0.39, 0.29) is 0 Å². The number of aryl methyl sites for hydroxylation is 1. The first-order valence-electron chi connectivity index (χ1n) is 9.56. The monoisotopic (exact) mass is 347 g/mol. The van der Waals surface area contributed by atoms with Crippen molar-refractivity contribution in [1.82, 2.24) is 14.7 Å². The fraction of sp³-hybridized carbons (Fsp3) is 0.700. The molecule has 0 saturated carbocycles. The van der Waals surface area contributed by atoms with Gasteiger partial charge in [0.2, 0.25) is 0 Å². The highest BCUT2D eigenvalue weighted by atomic mass is 16.5. The number of morpholine rings is 1. The van der Waals surface area contributed by atoms with Crippen LogP contribution >= 0.6 is 0 Å². The third-order valence-electron chi connectivity index (χ3n) is 5.29. The van der Waals surface area contributed by atoms with Gasteiger partial charge in [-0.1, -0.05) is 12.1 Å². The van der Waals surface area contributed by atoms with E-state index in [0.717, 1.165) is 64.8 Å². The molecule has 0 aliphatic carbocycles. The Hall–Kier alpha value is -1.14. The number of benzene rings is 1. The van der Waals surface area contributed by atoms with Crippen molar-refractivity contribution in [3.8, 4) is 5.75 Å². The maximum atomic E-state index is 5.92. The molecule has 2 atom stereocenters. The van der Waals surface area contributed by atoms with E-state index in [2.05, 4.69) is 53.8 Å². The molecule has 0 N–H and O–H groups in total. The van der Waals surface area contributed by atoms with Crippen LogP contribution in [-0.2, 0) is 4.74 Å². The smallest absolute Gasteiger partial charge is 0.119 e. The average Bonchev–Trinajstić information content (AvgIpc) is 2.57. The molecule has 2 saturated heterocycles. The number of likely N-dealkylation sites (N-methyl/N-ethyl adjacent to an activating group) is 1. The highest BCUT2D eigenvalue weighted by Crippen LogP contribution is 2.14. The Bertz CT molecular complexity index is 539. The molecule has 2 heterocycles. The summed E-state index contributed by atoms with van der Waals surface area (Å²) in [6.07, 6.45) is 0.363. The van der Waals surface area contributed by atoms with E-state index in [0.29, 0.717) is 12.1 Å². The highest BCUT2D eigenvalue weighted by molar-refractivity contribution is 5.27. The van der Waals surface area contributed by atoms with Crippen molar-refractivity contribution in [3.05, 3.63) is 29.8 Å². The average molecular weight is 348 g/mol. The van der Waals surface area contributed by atoms with Crippen LogP contribution in [0.3, 0.4) is 0 Å². The summed E-state index contributed by atoms with van der Waals surface area (Å²) in [4.78, 5) is 7.48. The van der Waals surface area contributed by atoms with Crippen molar-refractivity contribution in [2.75, 3.05) is 66.1 Å². The van der Waals surface area contributed by atoms with Gasteiger partial charge in [0.05, 0.1) is 12.7 Å². The molecule has 5 heteroatoms. The van der Waals surface area contributed by atoms with Crippen LogP contribution in [0.4, 0.5) is 0 Å². The van der Waals surface area contributed by atoms with E-state index >= 15 is 0 Å². The topological polar surface area (TPSA) is 28.2 Å². The van der Waals surface area contributed by atoms with E-state index in [4.69, 9.17) is 9.47 Å². The van der Waals surface area contributed by atoms with Crippen LogP contribution in [0.1, 0.15) is 12.5 Å². The van der Waals surface area contributed by atoms with Crippen molar-refractivity contribution in [1.29, 1.82) is 0 Å². The van der Waals surface area contributed by atoms with Crippen molar-refractivity contribution in [2.45, 2.75) is 26.0 Å². The summed E-state index contributed by atoms with van der Waals surface area (Å²) in [5, 5.41) is 0. The molecule has 1 aromatic rings. The van der Waals surface area contributed by atoms with Crippen LogP contribution in [0.25, 0.3) is 0 Å². The molecule has 2 aliphatic heterocycles. The molecule has 1 aromatic carbocycles. The molecular weight excluding hydrogens is 314 g/mol. The van der Waals surface area contributed by atoms with Gasteiger partial charge in [-0.3, -0.25) is 9.80 Å². The minimum Gasteiger partial charge on any atom is -0.492 e. The zero-order valence-corrected chi connectivity index (χ0v) is 16.0. The summed E-state index contributed by atoms with van der Waals surface area (Å²) in [6.45, 7) is 13.6. The summed E-state index contributed by atoms with van der Waals surface area (Å²) in [5.74, 6) is 0.977. The maximum Gasteiger partial charge on any atom is 0.119 e. The van der Waals surface area contributed by atoms with Crippen molar-refractivity contribution < 1.29 is 9.47 Å². The van der Waals surface area contributed by atoms with Gasteiger partial charge < -0.3 is 14.4 Å². The van der Waals surface area contributed by atoms with Gasteiger partial charge in [-0.15, -0.1) is 0 Å². The van der Waals surface area contributed by atoms with E-state index in [1.165, 1.54) is 5.56 Å². The van der Waals surface area contributed by atoms with Gasteiger partial charge in [-0.2, -0.15) is 0 Å². The second-order valence-corrected chi connectivity index (χ2v) is 7.56. The third-order valence-corrected chi connectivity index (χ3v) is 5.29. The van der Waals surface area contributed by atoms with Crippen LogP contribution in [0.5, 0.6) is 5.75 Å². The van der Waals surface area contributed by atoms with Gasteiger partial charge in [-0.05, 0) is 38.6 Å². The first-order chi connectivity index (χ1) is 12.1. The Morgan fingerprint density at radius 1 is 1.20 bits per heavy atom. The van der Waals surface area contributed by atoms with E-state index in [9.17, 15) is 0 Å². The molecule has 0 radical (unpaired) electrons. The van der Waals surface area contributed by atoms with Crippen LogP contribution < -0.4 is 4.74 Å². The molecule has 25 heavy (non-hydrogen) atoms. The van der Waals surface area contributed by atoms with Crippen LogP contribution in [0.15, 0.2) is 24.3 Å². The zero-order valence-electron chi connectivity index (χ0n) is 16.0. The molecule has 5 nitrogen and oxygen atoms in total. The van der Waals surface area contributed by atoms with Gasteiger partial charge in [0.1, 0.15) is 12.4 Å². The first-order valence-corrected chi connectivity index (χ1v) is 9.56. The molecule has 0 bridgehead atoms. The lowest BCUT2D eigenvalue weighted by molar-refractivity contribution is -0.0458. The summed E-state index contributed by atoms with van der Waals surface area (Å²) in [7, 11) is 2.18. The normalized spacial score (nSPS) is 26.7. The van der Waals surface area contributed by atoms with Gasteiger partial charge >= 0.3 is 0 Å². The van der Waals surface area contributed by atoms with Crippen molar-refractivity contribution in [3.63, 3.8) is 0 Å². The van der Waals surface area contributed by atoms with Gasteiger partial charge in [0.25, 0.3) is 0 Å². The van der Waals surface area contributed by atoms with Crippen molar-refractivity contribution in [2.24, 2.45) is 0 Å². The zero-order chi connectivity index (χ0) is 17.6. The summed E-state index contributed by atoms with van der Waals surface area (Å²) < 4.78 is 11.8. The standard InChI is InChI=1S/C20H33N3O2/c1-17-5-4-6-19(13-17)24-12-10-23-8-7-22(14-18(23)2)16-20-15-21(3)9-11-25-20/h4-6,13,18,20H,7-12,14-16H2,1-3H3/t18-,20+/m1/s1. The Labute approximate surface area is 152 Å². The Morgan fingerprint density at radius 2 is 2.08 bits per heavy atom. The Kier molecular flexibility index (Phi) is 6.70. The number of nitrogens with zero attached hydrogens (tertiary/aromatic N) is 3. The number of piperazine rings is 1. The molecule has 0 unspecified atom stereocenters. The third kappa shape index (κ3) is 5.68. The lowest BCUT2D eigenvalue weighted by Gasteiger charge is -2.42. The van der Waals surface area contributed by atoms with E-state index in [1.54, 1.807) is 0 Å². The Balaban J connectivity index is 1.38. The summed E-state index contributed by atoms with van der Waals surface area (Å²) >= 11 is 0. The number of rotatable bonds is 6. The molecule has 0 amide bonds. The molecule has 3 rings (SSSR count). The molecule has 0 spiro atoms. The van der Waals surface area contributed by atoms with Gasteiger partial charge in [-0.25, -0.2) is 0 Å². The van der Waals surface area contributed by atoms with Crippen LogP contribution in [0, 0.1) is 6.92 Å². The fourth-order valence-corrected chi connectivity index (χ4v) is 3.82. The SMILES string of the molecule is Cc1cccc(OCCN2CCN(C[C@@H]3CN(C)CCO3)C[C@H]2C)c1. The Morgan fingerprint density at radius 3 is 2.84 bits per heavy atom. The quantitative estimate of drug-likeness (QED) is 0.781. The van der Waals surface area contributed by atoms with E-state index in [1.807, 2.05) is 6.07 Å². The number of hydrogen-bond acceptors (Lipinski definition) is 5. The molecule has 0 aromatic heterocycles. The van der Waals surface area contributed by atoms with E-state index < -0.39 is 0 Å². The maximum absolute atomic E-state index is 5.92. The van der Waals surface area contributed by atoms with Gasteiger partial charge in [0.15, 0.2) is 0 Å². The lowest BCUT2D eigenvalue weighted by atomic mass is 10.1. The summed E-state index contributed by atoms with van der Waals surface area (Å²) in [5.41, 5.74) is 1.25. The van der Waals surface area contributed by atoms with Crippen LogP contribution in [-0.4, -0.2) is 92.9 Å². The van der Waals surface area contributed by atoms with Crippen molar-refractivity contribution >= 4 is 0 Å².